The van der Waals surface area contributed by atoms with Crippen molar-refractivity contribution in [1.29, 1.82) is 0 Å². The fourth-order valence-electron chi connectivity index (χ4n) is 2.67. The average Bonchev–Trinajstić information content (AvgIpc) is 2.81. The quantitative estimate of drug-likeness (QED) is 0.825. The van der Waals surface area contributed by atoms with Crippen LogP contribution in [0.5, 0.6) is 0 Å². The molecule has 0 saturated carbocycles. The monoisotopic (exact) mass is 356 g/mol. The van der Waals surface area contributed by atoms with Gasteiger partial charge in [0.25, 0.3) is 0 Å². The van der Waals surface area contributed by atoms with Crippen molar-refractivity contribution in [3.63, 3.8) is 0 Å². The number of likely N-dealkylation sites (tertiary alicyclic amines) is 1. The Kier molecular flexibility index (Phi) is 6.85. The standard InChI is InChI=1S/C17H22ClFN2O3/c18-11-15(22)21-9-4-7-17(19,8-10-21)13-20-16(23)24-12-14-5-2-1-3-6-14/h1-3,5-6H,4,7-13H2,(H,20,23). The van der Waals surface area contributed by atoms with E-state index >= 15 is 0 Å². The predicted octanol–water partition coefficient (Wildman–Crippen LogP) is 2.87. The third-order valence-electron chi connectivity index (χ3n) is 4.11. The maximum atomic E-state index is 14.9. The van der Waals surface area contributed by atoms with E-state index in [1.807, 2.05) is 30.3 Å². The Morgan fingerprint density at radius 1 is 1.25 bits per heavy atom. The number of alkyl carbamates (subject to hydrolysis) is 1. The first-order valence-electron chi connectivity index (χ1n) is 8.00. The Labute approximate surface area is 146 Å². The summed E-state index contributed by atoms with van der Waals surface area (Å²) in [6.07, 6.45) is 0.362. The summed E-state index contributed by atoms with van der Waals surface area (Å²) in [6.45, 7) is 0.825. The number of halogens is 2. The summed E-state index contributed by atoms with van der Waals surface area (Å²) in [6, 6.07) is 9.27. The molecule has 1 heterocycles. The molecule has 0 bridgehead atoms. The number of hydrogen-bond donors (Lipinski definition) is 1. The maximum Gasteiger partial charge on any atom is 0.407 e. The zero-order valence-electron chi connectivity index (χ0n) is 13.5. The van der Waals surface area contributed by atoms with Crippen molar-refractivity contribution in [2.45, 2.75) is 31.5 Å². The van der Waals surface area contributed by atoms with Crippen molar-refractivity contribution >= 4 is 23.6 Å². The molecule has 132 valence electrons. The third-order valence-corrected chi connectivity index (χ3v) is 4.34. The van der Waals surface area contributed by atoms with Crippen LogP contribution in [0, 0.1) is 0 Å². The molecular formula is C17H22ClFN2O3. The first-order chi connectivity index (χ1) is 11.5. The van der Waals surface area contributed by atoms with Gasteiger partial charge in [-0.05, 0) is 18.4 Å². The molecule has 1 saturated heterocycles. The fourth-order valence-corrected chi connectivity index (χ4v) is 2.84. The van der Waals surface area contributed by atoms with Crippen molar-refractivity contribution in [1.82, 2.24) is 10.2 Å². The van der Waals surface area contributed by atoms with Crippen LogP contribution >= 0.6 is 11.6 Å². The number of ether oxygens (including phenoxy) is 1. The maximum absolute atomic E-state index is 14.9. The van der Waals surface area contributed by atoms with Crippen LogP contribution in [0.3, 0.4) is 0 Å². The number of benzene rings is 1. The predicted molar refractivity (Wildman–Crippen MR) is 89.6 cm³/mol. The number of carbonyl (C=O) groups is 2. The van der Waals surface area contributed by atoms with Crippen molar-refractivity contribution in [3.8, 4) is 0 Å². The third kappa shape index (κ3) is 5.67. The van der Waals surface area contributed by atoms with Crippen LogP contribution in [0.25, 0.3) is 0 Å². The summed E-state index contributed by atoms with van der Waals surface area (Å²) in [4.78, 5) is 24.9. The van der Waals surface area contributed by atoms with Gasteiger partial charge in [-0.1, -0.05) is 30.3 Å². The topological polar surface area (TPSA) is 58.6 Å². The first kappa shape index (κ1) is 18.5. The summed E-state index contributed by atoms with van der Waals surface area (Å²) in [5.74, 6) is -0.278. The minimum atomic E-state index is -1.53. The van der Waals surface area contributed by atoms with Crippen LogP contribution in [0.1, 0.15) is 24.8 Å². The van der Waals surface area contributed by atoms with E-state index in [0.717, 1.165) is 5.56 Å². The highest BCUT2D eigenvalue weighted by atomic mass is 35.5. The molecule has 5 nitrogen and oxygen atoms in total. The molecule has 2 rings (SSSR count). The summed E-state index contributed by atoms with van der Waals surface area (Å²) in [7, 11) is 0. The SMILES string of the molecule is O=C(NCC1(F)CCCN(C(=O)CCl)CC1)OCc1ccccc1. The Morgan fingerprint density at radius 2 is 2.00 bits per heavy atom. The molecule has 1 aromatic carbocycles. The number of hydrogen-bond acceptors (Lipinski definition) is 3. The van der Waals surface area contributed by atoms with E-state index in [1.54, 1.807) is 4.90 Å². The number of rotatable bonds is 5. The number of carbonyl (C=O) groups excluding carboxylic acids is 2. The molecule has 2 amide bonds. The van der Waals surface area contributed by atoms with E-state index in [2.05, 4.69) is 5.32 Å². The molecule has 1 aromatic rings. The lowest BCUT2D eigenvalue weighted by Crippen LogP contribution is -2.41. The van der Waals surface area contributed by atoms with Gasteiger partial charge in [0.05, 0.1) is 6.54 Å². The van der Waals surface area contributed by atoms with Gasteiger partial charge in [0, 0.05) is 19.5 Å². The van der Waals surface area contributed by atoms with E-state index in [9.17, 15) is 14.0 Å². The highest BCUT2D eigenvalue weighted by Gasteiger charge is 2.34. The van der Waals surface area contributed by atoms with Crippen LogP contribution in [0.2, 0.25) is 0 Å². The number of nitrogens with one attached hydrogen (secondary N) is 1. The van der Waals surface area contributed by atoms with Crippen molar-refractivity contribution in [2.75, 3.05) is 25.5 Å². The minimum absolute atomic E-state index is 0.0939. The van der Waals surface area contributed by atoms with Gasteiger partial charge in [-0.2, -0.15) is 0 Å². The molecule has 1 aliphatic heterocycles. The molecule has 0 radical (unpaired) electrons. The first-order valence-corrected chi connectivity index (χ1v) is 8.53. The van der Waals surface area contributed by atoms with Crippen molar-refractivity contribution in [2.24, 2.45) is 0 Å². The smallest absolute Gasteiger partial charge is 0.407 e. The summed E-state index contributed by atoms with van der Waals surface area (Å²) in [5, 5.41) is 2.48. The van der Waals surface area contributed by atoms with E-state index in [4.69, 9.17) is 16.3 Å². The zero-order valence-corrected chi connectivity index (χ0v) is 14.2. The van der Waals surface area contributed by atoms with E-state index in [-0.39, 0.29) is 37.8 Å². The zero-order chi connectivity index (χ0) is 17.4. The van der Waals surface area contributed by atoms with Crippen LogP contribution in [0.4, 0.5) is 9.18 Å². The van der Waals surface area contributed by atoms with Gasteiger partial charge in [-0.3, -0.25) is 4.79 Å². The molecule has 0 spiro atoms. The molecule has 1 unspecified atom stereocenters. The lowest BCUT2D eigenvalue weighted by molar-refractivity contribution is -0.128. The Bertz CT molecular complexity index is 558. The molecule has 24 heavy (non-hydrogen) atoms. The molecule has 1 aliphatic rings. The largest absolute Gasteiger partial charge is 0.445 e. The van der Waals surface area contributed by atoms with Crippen molar-refractivity contribution < 1.29 is 18.7 Å². The van der Waals surface area contributed by atoms with Gasteiger partial charge >= 0.3 is 6.09 Å². The molecule has 1 N–H and O–H groups in total. The highest BCUT2D eigenvalue weighted by Crippen LogP contribution is 2.26. The van der Waals surface area contributed by atoms with Gasteiger partial charge in [-0.25, -0.2) is 9.18 Å². The second-order valence-corrected chi connectivity index (χ2v) is 6.20. The lowest BCUT2D eigenvalue weighted by Gasteiger charge is -2.24. The Hall–Kier alpha value is -1.82. The molecule has 1 atom stereocenters. The van der Waals surface area contributed by atoms with Crippen LogP contribution in [-0.4, -0.2) is 48.1 Å². The molecule has 0 aromatic heterocycles. The normalized spacial score (nSPS) is 21.0. The van der Waals surface area contributed by atoms with Gasteiger partial charge in [-0.15, -0.1) is 11.6 Å². The second-order valence-electron chi connectivity index (χ2n) is 5.93. The van der Waals surface area contributed by atoms with Gasteiger partial charge in [0.2, 0.25) is 5.91 Å². The van der Waals surface area contributed by atoms with Crippen LogP contribution in [0.15, 0.2) is 30.3 Å². The van der Waals surface area contributed by atoms with Gasteiger partial charge in [0.1, 0.15) is 18.2 Å². The Balaban J connectivity index is 1.75. The molecule has 0 aliphatic carbocycles. The van der Waals surface area contributed by atoms with Gasteiger partial charge in [0.15, 0.2) is 0 Å². The Morgan fingerprint density at radius 3 is 2.71 bits per heavy atom. The summed E-state index contributed by atoms with van der Waals surface area (Å²) in [5.41, 5.74) is -0.667. The van der Waals surface area contributed by atoms with E-state index in [1.165, 1.54) is 0 Å². The average molecular weight is 357 g/mol. The number of amides is 2. The summed E-state index contributed by atoms with van der Waals surface area (Å²) >= 11 is 5.54. The van der Waals surface area contributed by atoms with E-state index in [0.29, 0.717) is 19.5 Å². The second kappa shape index (κ2) is 8.87. The van der Waals surface area contributed by atoms with Crippen molar-refractivity contribution in [3.05, 3.63) is 35.9 Å². The van der Waals surface area contributed by atoms with E-state index < -0.39 is 11.8 Å². The lowest BCUT2D eigenvalue weighted by atomic mass is 9.97. The van der Waals surface area contributed by atoms with Gasteiger partial charge < -0.3 is 15.0 Å². The minimum Gasteiger partial charge on any atom is -0.445 e. The highest BCUT2D eigenvalue weighted by molar-refractivity contribution is 6.27. The number of alkyl halides is 2. The fraction of sp³-hybridized carbons (Fsp3) is 0.529. The van der Waals surface area contributed by atoms with Crippen LogP contribution in [-0.2, 0) is 16.1 Å². The molecular weight excluding hydrogens is 335 g/mol. The molecule has 1 fully saturated rings. The molecule has 7 heteroatoms. The van der Waals surface area contributed by atoms with Crippen LogP contribution < -0.4 is 5.32 Å². The number of nitrogens with zero attached hydrogens (tertiary/aromatic N) is 1. The summed E-state index contributed by atoms with van der Waals surface area (Å²) < 4.78 is 19.9.